The van der Waals surface area contributed by atoms with Crippen molar-refractivity contribution >= 4 is 51.5 Å². The van der Waals surface area contributed by atoms with Crippen LogP contribution >= 0.6 is 23.4 Å². The number of hydrogen-bond acceptors (Lipinski definition) is 5. The minimum absolute atomic E-state index is 0.0970. The number of thioether (sulfide) groups is 1. The van der Waals surface area contributed by atoms with E-state index in [9.17, 15) is 9.59 Å². The van der Waals surface area contributed by atoms with E-state index in [1.807, 2.05) is 68.4 Å². The zero-order valence-corrected chi connectivity index (χ0v) is 20.1. The predicted octanol–water partition coefficient (Wildman–Crippen LogP) is 5.14. The Morgan fingerprint density at radius 1 is 1.09 bits per heavy atom. The fourth-order valence-corrected chi connectivity index (χ4v) is 4.32. The molecule has 1 heterocycles. The molecule has 0 saturated carbocycles. The number of rotatable bonds is 6. The van der Waals surface area contributed by atoms with Gasteiger partial charge < -0.3 is 10.2 Å². The van der Waals surface area contributed by atoms with Crippen molar-refractivity contribution in [3.63, 3.8) is 0 Å². The van der Waals surface area contributed by atoms with Crippen molar-refractivity contribution in [1.82, 2.24) is 9.55 Å². The molecule has 1 amide bonds. The Labute approximate surface area is 201 Å². The van der Waals surface area contributed by atoms with Gasteiger partial charge in [0.2, 0.25) is 5.91 Å². The molecule has 0 aliphatic carbocycles. The standard InChI is InChI=1S/C25H23ClN4O2S/c1-16-8-11-19(14-21(16)26)30-24(32)20-6-4-5-7-22(20)28-25(30)33-15-23(31)27-17-9-12-18(13-10-17)29(2)3/h4-14H,15H2,1-3H3,(H,27,31). The summed E-state index contributed by atoms with van der Waals surface area (Å²) in [5.41, 5.74) is 3.65. The molecule has 1 N–H and O–H groups in total. The highest BCUT2D eigenvalue weighted by Crippen LogP contribution is 2.25. The van der Waals surface area contributed by atoms with E-state index < -0.39 is 0 Å². The number of carbonyl (C=O) groups excluding carboxylic acids is 1. The van der Waals surface area contributed by atoms with Gasteiger partial charge in [0, 0.05) is 30.5 Å². The Balaban J connectivity index is 1.63. The van der Waals surface area contributed by atoms with Gasteiger partial charge in [-0.3, -0.25) is 14.2 Å². The molecule has 0 aliphatic rings. The average Bonchev–Trinajstić information content (AvgIpc) is 2.80. The van der Waals surface area contributed by atoms with E-state index in [1.54, 1.807) is 24.3 Å². The third kappa shape index (κ3) is 5.05. The zero-order valence-electron chi connectivity index (χ0n) is 18.5. The van der Waals surface area contributed by atoms with Crippen molar-refractivity contribution in [3.8, 4) is 5.69 Å². The van der Waals surface area contributed by atoms with Crippen LogP contribution in [0.4, 0.5) is 11.4 Å². The minimum Gasteiger partial charge on any atom is -0.378 e. The number of fused-ring (bicyclic) bond motifs is 1. The molecule has 0 atom stereocenters. The second-order valence-corrected chi connectivity index (χ2v) is 9.11. The van der Waals surface area contributed by atoms with Gasteiger partial charge in [0.1, 0.15) is 0 Å². The third-order valence-corrected chi connectivity index (χ3v) is 6.50. The highest BCUT2D eigenvalue weighted by atomic mass is 35.5. The minimum atomic E-state index is -0.206. The van der Waals surface area contributed by atoms with Crippen LogP contribution in [-0.4, -0.2) is 35.3 Å². The molecule has 0 fully saturated rings. The molecule has 0 aliphatic heterocycles. The molecule has 6 nitrogen and oxygen atoms in total. The van der Waals surface area contributed by atoms with Crippen LogP contribution < -0.4 is 15.8 Å². The van der Waals surface area contributed by atoms with E-state index in [-0.39, 0.29) is 17.2 Å². The summed E-state index contributed by atoms with van der Waals surface area (Å²) < 4.78 is 1.51. The molecular weight excluding hydrogens is 456 g/mol. The number of nitrogens with one attached hydrogen (secondary N) is 1. The highest BCUT2D eigenvalue weighted by molar-refractivity contribution is 7.99. The summed E-state index contributed by atoms with van der Waals surface area (Å²) >= 11 is 7.53. The largest absolute Gasteiger partial charge is 0.378 e. The molecule has 4 rings (SSSR count). The van der Waals surface area contributed by atoms with E-state index >= 15 is 0 Å². The van der Waals surface area contributed by atoms with Gasteiger partial charge in [-0.2, -0.15) is 0 Å². The number of aromatic nitrogens is 2. The van der Waals surface area contributed by atoms with E-state index in [4.69, 9.17) is 11.6 Å². The maximum Gasteiger partial charge on any atom is 0.266 e. The molecule has 0 unspecified atom stereocenters. The van der Waals surface area contributed by atoms with Crippen LogP contribution in [0.5, 0.6) is 0 Å². The lowest BCUT2D eigenvalue weighted by atomic mass is 10.2. The first-order chi connectivity index (χ1) is 15.8. The number of nitrogens with zero attached hydrogens (tertiary/aromatic N) is 3. The Morgan fingerprint density at radius 3 is 2.52 bits per heavy atom. The predicted molar refractivity (Wildman–Crippen MR) is 137 cm³/mol. The number of benzene rings is 3. The van der Waals surface area contributed by atoms with Crippen molar-refractivity contribution in [2.75, 3.05) is 30.1 Å². The van der Waals surface area contributed by atoms with Gasteiger partial charge in [0.25, 0.3) is 5.56 Å². The lowest BCUT2D eigenvalue weighted by Gasteiger charge is -2.14. The normalized spacial score (nSPS) is 10.9. The first-order valence-corrected chi connectivity index (χ1v) is 11.7. The molecule has 8 heteroatoms. The lowest BCUT2D eigenvalue weighted by Crippen LogP contribution is -2.23. The summed E-state index contributed by atoms with van der Waals surface area (Å²) in [6.07, 6.45) is 0. The fraction of sp³-hybridized carbons (Fsp3) is 0.160. The maximum absolute atomic E-state index is 13.3. The highest BCUT2D eigenvalue weighted by Gasteiger charge is 2.15. The SMILES string of the molecule is Cc1ccc(-n2c(SCC(=O)Nc3ccc(N(C)C)cc3)nc3ccccc3c2=O)cc1Cl. The topological polar surface area (TPSA) is 67.2 Å². The summed E-state index contributed by atoms with van der Waals surface area (Å²) in [4.78, 5) is 32.6. The first-order valence-electron chi connectivity index (χ1n) is 10.3. The number of halogens is 1. The molecule has 0 bridgehead atoms. The summed E-state index contributed by atoms with van der Waals surface area (Å²) in [5, 5.41) is 4.38. The number of aryl methyl sites for hydroxylation is 1. The Bertz CT molecular complexity index is 1380. The van der Waals surface area contributed by atoms with Gasteiger partial charge in [-0.15, -0.1) is 0 Å². The van der Waals surface area contributed by atoms with Crippen molar-refractivity contribution in [2.45, 2.75) is 12.1 Å². The van der Waals surface area contributed by atoms with Gasteiger partial charge in [0.05, 0.1) is 22.3 Å². The lowest BCUT2D eigenvalue weighted by molar-refractivity contribution is -0.113. The van der Waals surface area contributed by atoms with Crippen molar-refractivity contribution < 1.29 is 4.79 Å². The summed E-state index contributed by atoms with van der Waals surface area (Å²) in [6, 6.07) is 20.2. The average molecular weight is 479 g/mol. The first kappa shape index (κ1) is 22.9. The second kappa shape index (κ2) is 9.68. The third-order valence-electron chi connectivity index (χ3n) is 5.16. The van der Waals surface area contributed by atoms with Crippen LogP contribution in [0.25, 0.3) is 16.6 Å². The number of para-hydroxylation sites is 1. The summed E-state index contributed by atoms with van der Waals surface area (Å²) in [7, 11) is 3.92. The van der Waals surface area contributed by atoms with Crippen molar-refractivity contribution in [2.24, 2.45) is 0 Å². The Kier molecular flexibility index (Phi) is 6.72. The van der Waals surface area contributed by atoms with Crippen LogP contribution in [0, 0.1) is 6.92 Å². The number of amides is 1. The van der Waals surface area contributed by atoms with E-state index in [2.05, 4.69) is 10.3 Å². The van der Waals surface area contributed by atoms with Crippen molar-refractivity contribution in [1.29, 1.82) is 0 Å². The molecular formula is C25H23ClN4O2S. The smallest absolute Gasteiger partial charge is 0.266 e. The molecule has 4 aromatic rings. The van der Waals surface area contributed by atoms with Crippen LogP contribution in [0.15, 0.2) is 76.7 Å². The zero-order chi connectivity index (χ0) is 23.5. The molecule has 0 spiro atoms. The van der Waals surface area contributed by atoms with Crippen LogP contribution in [-0.2, 0) is 4.79 Å². The molecule has 0 saturated heterocycles. The van der Waals surface area contributed by atoms with E-state index in [0.717, 1.165) is 11.3 Å². The van der Waals surface area contributed by atoms with Gasteiger partial charge >= 0.3 is 0 Å². The van der Waals surface area contributed by atoms with Gasteiger partial charge in [0.15, 0.2) is 5.16 Å². The second-order valence-electron chi connectivity index (χ2n) is 7.76. The summed E-state index contributed by atoms with van der Waals surface area (Å²) in [6.45, 7) is 1.90. The van der Waals surface area contributed by atoms with E-state index in [0.29, 0.717) is 32.5 Å². The molecule has 0 radical (unpaired) electrons. The van der Waals surface area contributed by atoms with Crippen LogP contribution in [0.1, 0.15) is 5.56 Å². The van der Waals surface area contributed by atoms with Gasteiger partial charge in [-0.05, 0) is 61.0 Å². The Morgan fingerprint density at radius 2 is 1.82 bits per heavy atom. The molecule has 3 aromatic carbocycles. The Hall–Kier alpha value is -3.29. The summed E-state index contributed by atoms with van der Waals surface area (Å²) in [5.74, 6) is -0.0895. The van der Waals surface area contributed by atoms with E-state index in [1.165, 1.54) is 16.3 Å². The number of carbonyl (C=O) groups is 1. The number of hydrogen-bond donors (Lipinski definition) is 1. The quantitative estimate of drug-likeness (QED) is 0.307. The van der Waals surface area contributed by atoms with Crippen LogP contribution in [0.3, 0.4) is 0 Å². The monoisotopic (exact) mass is 478 g/mol. The van der Waals surface area contributed by atoms with Gasteiger partial charge in [-0.1, -0.05) is 41.6 Å². The number of anilines is 2. The van der Waals surface area contributed by atoms with Crippen molar-refractivity contribution in [3.05, 3.63) is 87.7 Å². The molecule has 168 valence electrons. The molecule has 1 aromatic heterocycles. The van der Waals surface area contributed by atoms with Crippen LogP contribution in [0.2, 0.25) is 5.02 Å². The molecule has 33 heavy (non-hydrogen) atoms. The fourth-order valence-electron chi connectivity index (χ4n) is 3.33. The van der Waals surface area contributed by atoms with Gasteiger partial charge in [-0.25, -0.2) is 4.98 Å². The maximum atomic E-state index is 13.3.